The van der Waals surface area contributed by atoms with Gasteiger partial charge in [-0.2, -0.15) is 9.35 Å². The number of nitrogens with one attached hydrogen (secondary N) is 2. The second-order valence-corrected chi connectivity index (χ2v) is 13.1. The van der Waals surface area contributed by atoms with Crippen LogP contribution in [0.4, 0.5) is 20.8 Å². The van der Waals surface area contributed by atoms with Crippen LogP contribution in [0.25, 0.3) is 11.4 Å². The number of methoxy groups -OCH3 is 1. The molecule has 13 heteroatoms. The average molecular weight is 587 g/mol. The van der Waals surface area contributed by atoms with Crippen LogP contribution >= 0.6 is 0 Å². The van der Waals surface area contributed by atoms with Gasteiger partial charge < -0.3 is 20.1 Å². The molecule has 1 aromatic heterocycles. The third-order valence-electron chi connectivity index (χ3n) is 5.48. The van der Waals surface area contributed by atoms with Gasteiger partial charge in [0.1, 0.15) is 29.5 Å². The number of aromatic nitrogens is 3. The number of halogens is 1. The van der Waals surface area contributed by atoms with Gasteiger partial charge in [-0.15, -0.1) is 0 Å². The maximum Gasteiger partial charge on any atom is 0.408 e. The summed E-state index contributed by atoms with van der Waals surface area (Å²) in [6.45, 7) is 8.65. The van der Waals surface area contributed by atoms with Crippen molar-refractivity contribution in [1.82, 2.24) is 20.3 Å². The number of alkyl carbamates (subject to hydrolysis) is 1. The number of amides is 2. The number of anilines is 2. The molecule has 0 aliphatic heterocycles. The Hall–Kier alpha value is -4.13. The van der Waals surface area contributed by atoms with Gasteiger partial charge in [-0.3, -0.25) is 4.79 Å². The van der Waals surface area contributed by atoms with E-state index in [0.717, 1.165) is 0 Å². The summed E-state index contributed by atoms with van der Waals surface area (Å²) in [4.78, 5) is 37.9. The molecule has 0 saturated carbocycles. The Bertz CT molecular complexity index is 1530. The van der Waals surface area contributed by atoms with Crippen LogP contribution in [0.15, 0.2) is 53.2 Å². The summed E-state index contributed by atoms with van der Waals surface area (Å²) < 4.78 is 41.4. The second kappa shape index (κ2) is 13.0. The van der Waals surface area contributed by atoms with E-state index in [-0.39, 0.29) is 29.2 Å². The van der Waals surface area contributed by atoms with E-state index in [4.69, 9.17) is 9.47 Å². The highest BCUT2D eigenvalue weighted by Crippen LogP contribution is 2.28. The van der Waals surface area contributed by atoms with Crippen molar-refractivity contribution in [3.05, 3.63) is 60.2 Å². The fraction of sp³-hybridized carbons (Fsp3) is 0.393. The zero-order chi connectivity index (χ0) is 30.4. The smallest absolute Gasteiger partial charge is 0.408 e. The van der Waals surface area contributed by atoms with E-state index in [1.807, 2.05) is 0 Å². The van der Waals surface area contributed by atoms with Crippen molar-refractivity contribution in [1.29, 1.82) is 0 Å². The van der Waals surface area contributed by atoms with E-state index in [9.17, 15) is 18.2 Å². The van der Waals surface area contributed by atoms with Crippen molar-refractivity contribution >= 4 is 33.4 Å². The Balaban J connectivity index is 1.77. The number of carbonyl (C=O) groups is 2. The predicted molar refractivity (Wildman–Crippen MR) is 155 cm³/mol. The molecule has 0 aliphatic rings. The van der Waals surface area contributed by atoms with E-state index in [1.165, 1.54) is 37.9 Å². The largest absolute Gasteiger partial charge is 0.496 e. The van der Waals surface area contributed by atoms with E-state index < -0.39 is 39.2 Å². The van der Waals surface area contributed by atoms with Crippen LogP contribution in [-0.2, 0) is 25.0 Å². The number of benzene rings is 2. The standard InChI is InChI=1S/C28H35FN6O5S/c1-17(2)23(33-27(37)40-28(3,4)5)25(36)35-41(7,38)15-18-9-8-10-20(13-18)32-26-31-16-30-24(34-26)21-12-11-19(29)14-22(21)39-6/h8-14,16-17,23H,15H2,1-7H3,(H,33,37)(H,30,31,32,34)/t23-,41?/m0/s1. The lowest BCUT2D eigenvalue weighted by atomic mass is 10.0. The number of hydrogen-bond acceptors (Lipinski definition) is 9. The van der Waals surface area contributed by atoms with Gasteiger partial charge in [0, 0.05) is 18.0 Å². The van der Waals surface area contributed by atoms with Gasteiger partial charge in [-0.25, -0.2) is 23.4 Å². The highest BCUT2D eigenvalue weighted by molar-refractivity contribution is 7.92. The first-order valence-corrected chi connectivity index (χ1v) is 14.9. The highest BCUT2D eigenvalue weighted by atomic mass is 32.2. The van der Waals surface area contributed by atoms with Gasteiger partial charge in [0.25, 0.3) is 5.91 Å². The molecule has 11 nitrogen and oxygen atoms in total. The van der Waals surface area contributed by atoms with Gasteiger partial charge in [-0.1, -0.05) is 26.0 Å². The Morgan fingerprint density at radius 3 is 2.51 bits per heavy atom. The first-order chi connectivity index (χ1) is 19.2. The topological polar surface area (TPSA) is 145 Å². The summed E-state index contributed by atoms with van der Waals surface area (Å²) in [5.74, 6) is -0.673. The number of hydrogen-bond donors (Lipinski definition) is 2. The van der Waals surface area contributed by atoms with Crippen LogP contribution in [0.3, 0.4) is 0 Å². The number of carbonyl (C=O) groups excluding carboxylic acids is 2. The molecule has 2 amide bonds. The first-order valence-electron chi connectivity index (χ1n) is 12.8. The molecule has 1 unspecified atom stereocenters. The molecule has 3 rings (SSSR count). The van der Waals surface area contributed by atoms with Crippen molar-refractivity contribution in [2.75, 3.05) is 18.7 Å². The third kappa shape index (κ3) is 9.48. The average Bonchev–Trinajstić information content (AvgIpc) is 2.85. The summed E-state index contributed by atoms with van der Waals surface area (Å²) in [6.07, 6.45) is 1.96. The van der Waals surface area contributed by atoms with Crippen molar-refractivity contribution in [3.8, 4) is 17.1 Å². The molecule has 3 aromatic rings. The number of ether oxygens (including phenoxy) is 2. The molecule has 0 radical (unpaired) electrons. The molecule has 220 valence electrons. The SMILES string of the molecule is COc1cc(F)ccc1-c1ncnc(Nc2cccc(CS(C)(=O)=NC(=O)[C@@H](NC(=O)OC(C)(C)C)C(C)C)c2)n1. The lowest BCUT2D eigenvalue weighted by Gasteiger charge is -2.24. The molecule has 2 aromatic carbocycles. The normalized spacial score (nSPS) is 13.6. The van der Waals surface area contributed by atoms with E-state index in [1.54, 1.807) is 58.9 Å². The monoisotopic (exact) mass is 586 g/mol. The zero-order valence-electron chi connectivity index (χ0n) is 24.1. The molecule has 2 N–H and O–H groups in total. The lowest BCUT2D eigenvalue weighted by molar-refractivity contribution is -0.120. The van der Waals surface area contributed by atoms with Crippen molar-refractivity contribution < 1.29 is 27.7 Å². The molecule has 0 bridgehead atoms. The minimum atomic E-state index is -3.01. The summed E-state index contributed by atoms with van der Waals surface area (Å²) in [6, 6.07) is 10.1. The van der Waals surface area contributed by atoms with Crippen LogP contribution in [0.2, 0.25) is 0 Å². The van der Waals surface area contributed by atoms with Gasteiger partial charge in [0.05, 0.1) is 28.2 Å². The maximum absolute atomic E-state index is 13.6. The van der Waals surface area contributed by atoms with Gasteiger partial charge in [-0.05, 0) is 56.5 Å². The van der Waals surface area contributed by atoms with Crippen LogP contribution < -0.4 is 15.4 Å². The Kier molecular flexibility index (Phi) is 9.97. The summed E-state index contributed by atoms with van der Waals surface area (Å²) in [7, 11) is -1.58. The maximum atomic E-state index is 13.6. The van der Waals surface area contributed by atoms with Crippen molar-refractivity contribution in [3.63, 3.8) is 0 Å². The van der Waals surface area contributed by atoms with Crippen LogP contribution in [0.1, 0.15) is 40.2 Å². The second-order valence-electron chi connectivity index (χ2n) is 10.7. The van der Waals surface area contributed by atoms with E-state index >= 15 is 0 Å². The van der Waals surface area contributed by atoms with E-state index in [0.29, 0.717) is 16.8 Å². The van der Waals surface area contributed by atoms with Crippen molar-refractivity contribution in [2.24, 2.45) is 10.3 Å². The molecule has 2 atom stereocenters. The number of rotatable bonds is 9. The molecule has 41 heavy (non-hydrogen) atoms. The predicted octanol–water partition coefficient (Wildman–Crippen LogP) is 5.10. The number of nitrogens with zero attached hydrogens (tertiary/aromatic N) is 4. The van der Waals surface area contributed by atoms with Crippen LogP contribution in [0.5, 0.6) is 5.75 Å². The van der Waals surface area contributed by atoms with Crippen LogP contribution in [0, 0.1) is 11.7 Å². The summed E-state index contributed by atoms with van der Waals surface area (Å²) in [5, 5.41) is 5.61. The van der Waals surface area contributed by atoms with Gasteiger partial charge in [0.2, 0.25) is 5.95 Å². The fourth-order valence-electron chi connectivity index (χ4n) is 3.74. The lowest BCUT2D eigenvalue weighted by Crippen LogP contribution is -2.46. The Morgan fingerprint density at radius 2 is 1.85 bits per heavy atom. The minimum absolute atomic E-state index is 0.0132. The molecule has 0 saturated heterocycles. The van der Waals surface area contributed by atoms with Crippen LogP contribution in [-0.4, -0.2) is 56.2 Å². The summed E-state index contributed by atoms with van der Waals surface area (Å²) >= 11 is 0. The molecule has 0 fully saturated rings. The Labute approximate surface area is 239 Å². The molecule has 0 spiro atoms. The Morgan fingerprint density at radius 1 is 1.12 bits per heavy atom. The first kappa shape index (κ1) is 31.4. The molecular formula is C28H35FN6O5S. The zero-order valence-corrected chi connectivity index (χ0v) is 24.9. The summed E-state index contributed by atoms with van der Waals surface area (Å²) in [5.41, 5.74) is 0.999. The van der Waals surface area contributed by atoms with E-state index in [2.05, 4.69) is 29.9 Å². The highest BCUT2D eigenvalue weighted by Gasteiger charge is 2.27. The van der Waals surface area contributed by atoms with Gasteiger partial charge in [0.15, 0.2) is 5.82 Å². The van der Waals surface area contributed by atoms with Gasteiger partial charge >= 0.3 is 6.09 Å². The molecule has 0 aliphatic carbocycles. The third-order valence-corrected chi connectivity index (χ3v) is 6.92. The quantitative estimate of drug-likeness (QED) is 0.350. The molecule has 1 heterocycles. The molecular weight excluding hydrogens is 551 g/mol. The van der Waals surface area contributed by atoms with Crippen molar-refractivity contribution in [2.45, 2.75) is 52.0 Å². The fourth-order valence-corrected chi connectivity index (χ4v) is 5.10. The minimum Gasteiger partial charge on any atom is -0.496 e.